The van der Waals surface area contributed by atoms with Crippen molar-refractivity contribution in [3.05, 3.63) is 29.3 Å². The molecule has 0 saturated carbocycles. The molecular weight excluding hydrogens is 186 g/mol. The Balaban J connectivity index is 2.34. The molecule has 0 spiro atoms. The SMILES string of the molecule is CC(C)c1cccc([C@H]2CCCN2)c1O. The summed E-state index contributed by atoms with van der Waals surface area (Å²) in [6.45, 7) is 5.29. The van der Waals surface area contributed by atoms with E-state index in [9.17, 15) is 5.11 Å². The highest BCUT2D eigenvalue weighted by atomic mass is 16.3. The Morgan fingerprint density at radius 1 is 1.40 bits per heavy atom. The van der Waals surface area contributed by atoms with E-state index < -0.39 is 0 Å². The van der Waals surface area contributed by atoms with E-state index in [2.05, 4.69) is 19.2 Å². The number of hydrogen-bond acceptors (Lipinski definition) is 2. The summed E-state index contributed by atoms with van der Waals surface area (Å²) in [5, 5.41) is 13.6. The maximum atomic E-state index is 10.2. The first-order valence-corrected chi connectivity index (χ1v) is 5.75. The van der Waals surface area contributed by atoms with Crippen LogP contribution in [0.5, 0.6) is 5.75 Å². The smallest absolute Gasteiger partial charge is 0.123 e. The molecule has 0 aromatic heterocycles. The lowest BCUT2D eigenvalue weighted by atomic mass is 9.95. The molecule has 1 aliphatic heterocycles. The normalized spacial score (nSPS) is 21.1. The van der Waals surface area contributed by atoms with Crippen molar-refractivity contribution in [1.82, 2.24) is 5.32 Å². The summed E-state index contributed by atoms with van der Waals surface area (Å²) < 4.78 is 0. The van der Waals surface area contributed by atoms with Crippen LogP contribution in [0.15, 0.2) is 18.2 Å². The monoisotopic (exact) mass is 205 g/mol. The summed E-state index contributed by atoms with van der Waals surface area (Å²) in [5.41, 5.74) is 2.12. The van der Waals surface area contributed by atoms with Crippen LogP contribution in [-0.4, -0.2) is 11.7 Å². The summed E-state index contributed by atoms with van der Waals surface area (Å²) in [7, 11) is 0. The number of nitrogens with one attached hydrogen (secondary N) is 1. The lowest BCUT2D eigenvalue weighted by molar-refractivity contribution is 0.447. The number of rotatable bonds is 2. The number of aromatic hydroxyl groups is 1. The predicted octanol–water partition coefficient (Wildman–Crippen LogP) is 2.94. The highest BCUT2D eigenvalue weighted by Gasteiger charge is 2.20. The van der Waals surface area contributed by atoms with Crippen LogP contribution in [-0.2, 0) is 0 Å². The van der Waals surface area contributed by atoms with Gasteiger partial charge in [-0.3, -0.25) is 0 Å². The number of phenolic OH excluding ortho intramolecular Hbond substituents is 1. The Labute approximate surface area is 91.3 Å². The van der Waals surface area contributed by atoms with Crippen LogP contribution >= 0.6 is 0 Å². The van der Waals surface area contributed by atoms with E-state index in [4.69, 9.17) is 0 Å². The van der Waals surface area contributed by atoms with Gasteiger partial charge in [-0.05, 0) is 30.9 Å². The van der Waals surface area contributed by atoms with Crippen molar-refractivity contribution >= 4 is 0 Å². The van der Waals surface area contributed by atoms with E-state index in [0.29, 0.717) is 17.7 Å². The van der Waals surface area contributed by atoms with Gasteiger partial charge in [0.25, 0.3) is 0 Å². The van der Waals surface area contributed by atoms with Crippen LogP contribution in [0.2, 0.25) is 0 Å². The maximum absolute atomic E-state index is 10.2. The Morgan fingerprint density at radius 2 is 2.20 bits per heavy atom. The molecule has 82 valence electrons. The fraction of sp³-hybridized carbons (Fsp3) is 0.538. The Bertz CT molecular complexity index is 340. The van der Waals surface area contributed by atoms with E-state index in [-0.39, 0.29) is 0 Å². The van der Waals surface area contributed by atoms with Gasteiger partial charge in [-0.1, -0.05) is 32.0 Å². The highest BCUT2D eigenvalue weighted by molar-refractivity contribution is 5.44. The van der Waals surface area contributed by atoms with Gasteiger partial charge in [0.1, 0.15) is 5.75 Å². The molecule has 0 radical (unpaired) electrons. The Hall–Kier alpha value is -1.02. The van der Waals surface area contributed by atoms with Gasteiger partial charge in [-0.15, -0.1) is 0 Å². The van der Waals surface area contributed by atoms with Gasteiger partial charge >= 0.3 is 0 Å². The molecule has 2 N–H and O–H groups in total. The van der Waals surface area contributed by atoms with Crippen LogP contribution < -0.4 is 5.32 Å². The van der Waals surface area contributed by atoms with Crippen molar-refractivity contribution in [3.63, 3.8) is 0 Å². The summed E-state index contributed by atoms with van der Waals surface area (Å²) in [6.07, 6.45) is 2.34. The molecule has 0 unspecified atom stereocenters. The molecule has 1 aromatic rings. The average molecular weight is 205 g/mol. The van der Waals surface area contributed by atoms with Crippen molar-refractivity contribution in [2.45, 2.75) is 38.6 Å². The van der Waals surface area contributed by atoms with Crippen molar-refractivity contribution in [1.29, 1.82) is 0 Å². The molecule has 1 fully saturated rings. The first-order valence-electron chi connectivity index (χ1n) is 5.75. The van der Waals surface area contributed by atoms with E-state index in [1.54, 1.807) is 0 Å². The van der Waals surface area contributed by atoms with Crippen molar-refractivity contribution in [2.24, 2.45) is 0 Å². The molecule has 1 aliphatic rings. The van der Waals surface area contributed by atoms with Crippen LogP contribution in [0.1, 0.15) is 49.8 Å². The molecule has 2 nitrogen and oxygen atoms in total. The van der Waals surface area contributed by atoms with Crippen LogP contribution in [0.25, 0.3) is 0 Å². The molecule has 1 heterocycles. The molecule has 0 bridgehead atoms. The first kappa shape index (κ1) is 10.5. The molecule has 0 aliphatic carbocycles. The minimum atomic E-state index is 0.351. The standard InChI is InChI=1S/C13H19NO/c1-9(2)10-5-3-6-11(13(10)15)12-7-4-8-14-12/h3,5-6,9,12,14-15H,4,7-8H2,1-2H3/t12-/m1/s1. The molecule has 1 saturated heterocycles. The van der Waals surface area contributed by atoms with E-state index >= 15 is 0 Å². The van der Waals surface area contributed by atoms with Gasteiger partial charge in [0, 0.05) is 11.6 Å². The molecule has 2 heteroatoms. The van der Waals surface area contributed by atoms with Gasteiger partial charge in [-0.2, -0.15) is 0 Å². The van der Waals surface area contributed by atoms with Crippen LogP contribution in [0.4, 0.5) is 0 Å². The molecule has 0 amide bonds. The molecule has 15 heavy (non-hydrogen) atoms. The zero-order valence-corrected chi connectivity index (χ0v) is 9.46. The highest BCUT2D eigenvalue weighted by Crippen LogP contribution is 2.35. The zero-order chi connectivity index (χ0) is 10.8. The summed E-state index contributed by atoms with van der Waals surface area (Å²) in [4.78, 5) is 0. The van der Waals surface area contributed by atoms with E-state index in [1.165, 1.54) is 6.42 Å². The minimum Gasteiger partial charge on any atom is -0.507 e. The van der Waals surface area contributed by atoms with Gasteiger partial charge in [0.05, 0.1) is 0 Å². The topological polar surface area (TPSA) is 32.3 Å². The molecule has 1 atom stereocenters. The maximum Gasteiger partial charge on any atom is 0.123 e. The molecule has 2 rings (SSSR count). The molecular formula is C13H19NO. The van der Waals surface area contributed by atoms with E-state index in [1.807, 2.05) is 18.2 Å². The minimum absolute atomic E-state index is 0.351. The van der Waals surface area contributed by atoms with Gasteiger partial charge in [0.2, 0.25) is 0 Å². The lowest BCUT2D eigenvalue weighted by Crippen LogP contribution is -2.13. The lowest BCUT2D eigenvalue weighted by Gasteiger charge is -2.16. The Morgan fingerprint density at radius 3 is 2.80 bits per heavy atom. The summed E-state index contributed by atoms with van der Waals surface area (Å²) >= 11 is 0. The summed E-state index contributed by atoms with van der Waals surface area (Å²) in [5.74, 6) is 0.873. The number of benzene rings is 1. The second kappa shape index (κ2) is 4.23. The van der Waals surface area contributed by atoms with Crippen molar-refractivity contribution < 1.29 is 5.11 Å². The van der Waals surface area contributed by atoms with Gasteiger partial charge in [0.15, 0.2) is 0 Å². The van der Waals surface area contributed by atoms with Gasteiger partial charge < -0.3 is 10.4 Å². The number of hydrogen-bond donors (Lipinski definition) is 2. The van der Waals surface area contributed by atoms with E-state index in [0.717, 1.165) is 24.1 Å². The zero-order valence-electron chi connectivity index (χ0n) is 9.46. The quantitative estimate of drug-likeness (QED) is 0.778. The predicted molar refractivity (Wildman–Crippen MR) is 62.2 cm³/mol. The second-order valence-electron chi connectivity index (χ2n) is 4.59. The first-order chi connectivity index (χ1) is 7.20. The number of para-hydroxylation sites is 1. The summed E-state index contributed by atoms with van der Waals surface area (Å²) in [6, 6.07) is 6.44. The third-order valence-corrected chi connectivity index (χ3v) is 3.16. The van der Waals surface area contributed by atoms with Crippen molar-refractivity contribution in [2.75, 3.05) is 6.54 Å². The van der Waals surface area contributed by atoms with Crippen molar-refractivity contribution in [3.8, 4) is 5.75 Å². The van der Waals surface area contributed by atoms with Gasteiger partial charge in [-0.25, -0.2) is 0 Å². The molecule has 1 aromatic carbocycles. The Kier molecular flexibility index (Phi) is 2.96. The third-order valence-electron chi connectivity index (χ3n) is 3.16. The van der Waals surface area contributed by atoms with Crippen LogP contribution in [0.3, 0.4) is 0 Å². The fourth-order valence-electron chi connectivity index (χ4n) is 2.28. The average Bonchev–Trinajstić information content (AvgIpc) is 2.70. The number of phenols is 1. The van der Waals surface area contributed by atoms with Crippen LogP contribution in [0, 0.1) is 0 Å². The second-order valence-corrected chi connectivity index (χ2v) is 4.59. The largest absolute Gasteiger partial charge is 0.507 e. The fourth-order valence-corrected chi connectivity index (χ4v) is 2.28. The third kappa shape index (κ3) is 2.00.